The molecule has 0 unspecified atom stereocenters. The fourth-order valence-electron chi connectivity index (χ4n) is 2.47. The summed E-state index contributed by atoms with van der Waals surface area (Å²) in [5, 5.41) is 4.47. The number of nitrogens with zero attached hydrogens (tertiary/aromatic N) is 1. The Kier molecular flexibility index (Phi) is 5.42. The maximum absolute atomic E-state index is 11.8. The minimum absolute atomic E-state index is 0.212. The van der Waals surface area contributed by atoms with Gasteiger partial charge in [0.1, 0.15) is 0 Å². The van der Waals surface area contributed by atoms with Crippen LogP contribution in [0, 0.1) is 0 Å². The summed E-state index contributed by atoms with van der Waals surface area (Å²) in [7, 11) is -2.93. The van der Waals surface area contributed by atoms with Crippen LogP contribution in [0.25, 0.3) is 10.9 Å². The molecule has 0 atom stereocenters. The van der Waals surface area contributed by atoms with Gasteiger partial charge in [0, 0.05) is 30.6 Å². The first kappa shape index (κ1) is 16.0. The van der Waals surface area contributed by atoms with Crippen LogP contribution < -0.4 is 5.32 Å². The van der Waals surface area contributed by atoms with Gasteiger partial charge in [0.25, 0.3) is 0 Å². The molecule has 1 N–H and O–H groups in total. The average molecular weight is 308 g/mol. The Hall–Kier alpha value is -1.33. The van der Waals surface area contributed by atoms with Gasteiger partial charge >= 0.3 is 0 Å². The van der Waals surface area contributed by atoms with E-state index < -0.39 is 9.84 Å². The molecule has 5 heteroatoms. The molecule has 4 nitrogen and oxygen atoms in total. The van der Waals surface area contributed by atoms with E-state index in [9.17, 15) is 8.42 Å². The lowest BCUT2D eigenvalue weighted by Gasteiger charge is -2.07. The Labute approximate surface area is 127 Å². The molecule has 1 aromatic carbocycles. The van der Waals surface area contributed by atoms with Crippen LogP contribution in [0.15, 0.2) is 30.5 Å². The van der Waals surface area contributed by atoms with Gasteiger partial charge in [-0.15, -0.1) is 0 Å². The lowest BCUT2D eigenvalue weighted by Crippen LogP contribution is -2.15. The van der Waals surface area contributed by atoms with E-state index in [-0.39, 0.29) is 11.5 Å². The number of fused-ring (bicyclic) bond motifs is 1. The van der Waals surface area contributed by atoms with Crippen LogP contribution in [-0.2, 0) is 22.9 Å². The van der Waals surface area contributed by atoms with Crippen molar-refractivity contribution >= 4 is 20.7 Å². The molecule has 2 rings (SSSR count). The Bertz CT molecular complexity index is 689. The molecule has 0 aliphatic carbocycles. The molecule has 0 aliphatic rings. The highest BCUT2D eigenvalue weighted by Crippen LogP contribution is 2.18. The van der Waals surface area contributed by atoms with Crippen molar-refractivity contribution in [3.63, 3.8) is 0 Å². The summed E-state index contributed by atoms with van der Waals surface area (Å²) in [5.74, 6) is 0.489. The third-order valence-corrected chi connectivity index (χ3v) is 5.41. The monoisotopic (exact) mass is 308 g/mol. The first-order chi connectivity index (χ1) is 10.1. The van der Waals surface area contributed by atoms with Crippen molar-refractivity contribution in [3.05, 3.63) is 36.0 Å². The molecular weight excluding hydrogens is 284 g/mol. The fourth-order valence-corrected chi connectivity index (χ4v) is 3.78. The quantitative estimate of drug-likeness (QED) is 0.815. The van der Waals surface area contributed by atoms with E-state index >= 15 is 0 Å². The predicted octanol–water partition coefficient (Wildman–Crippen LogP) is 2.58. The Morgan fingerprint density at radius 1 is 1.14 bits per heavy atom. The van der Waals surface area contributed by atoms with Crippen molar-refractivity contribution in [3.8, 4) is 0 Å². The largest absolute Gasteiger partial charge is 0.346 e. The minimum Gasteiger partial charge on any atom is -0.346 e. The average Bonchev–Trinajstić information content (AvgIpc) is 2.85. The number of hydrogen-bond acceptors (Lipinski definition) is 3. The Morgan fingerprint density at radius 3 is 2.67 bits per heavy atom. The van der Waals surface area contributed by atoms with Crippen LogP contribution in [-0.4, -0.2) is 31.0 Å². The van der Waals surface area contributed by atoms with Crippen LogP contribution in [0.5, 0.6) is 0 Å². The van der Waals surface area contributed by atoms with Gasteiger partial charge < -0.3 is 9.88 Å². The summed E-state index contributed by atoms with van der Waals surface area (Å²) in [6.07, 6.45) is 2.66. The second-order valence-corrected chi connectivity index (χ2v) is 7.64. The number of sulfone groups is 1. The Morgan fingerprint density at radius 2 is 1.95 bits per heavy atom. The van der Waals surface area contributed by atoms with Crippen LogP contribution in [0.3, 0.4) is 0 Å². The Balaban J connectivity index is 2.11. The highest BCUT2D eigenvalue weighted by atomic mass is 32.2. The minimum atomic E-state index is -2.93. The standard InChI is InChI=1S/C16H24N2O2S/c1-3-10-21(19,20)11-9-18-8-7-15-12-14(13-17-4-2)5-6-16(15)18/h5-8,12,17H,3-4,9-11,13H2,1-2H3. The van der Waals surface area contributed by atoms with Crippen molar-refractivity contribution < 1.29 is 8.42 Å². The molecule has 0 spiro atoms. The normalized spacial score (nSPS) is 12.1. The lowest BCUT2D eigenvalue weighted by atomic mass is 10.1. The van der Waals surface area contributed by atoms with Crippen molar-refractivity contribution in [2.24, 2.45) is 0 Å². The molecule has 0 saturated carbocycles. The second-order valence-electron chi connectivity index (χ2n) is 5.33. The number of benzene rings is 1. The SMILES string of the molecule is CCCS(=O)(=O)CCn1ccc2cc(CNCC)ccc21. The highest BCUT2D eigenvalue weighted by molar-refractivity contribution is 7.91. The third kappa shape index (κ3) is 4.32. The van der Waals surface area contributed by atoms with E-state index in [0.29, 0.717) is 13.0 Å². The van der Waals surface area contributed by atoms with E-state index in [0.717, 1.165) is 18.6 Å². The van der Waals surface area contributed by atoms with E-state index in [4.69, 9.17) is 0 Å². The summed E-state index contributed by atoms with van der Waals surface area (Å²) in [4.78, 5) is 0. The lowest BCUT2D eigenvalue weighted by molar-refractivity contribution is 0.588. The van der Waals surface area contributed by atoms with E-state index in [1.807, 2.05) is 17.7 Å². The summed E-state index contributed by atoms with van der Waals surface area (Å²) in [6, 6.07) is 8.39. The number of nitrogens with one attached hydrogen (secondary N) is 1. The number of rotatable bonds is 8. The zero-order chi connectivity index (χ0) is 15.3. The summed E-state index contributed by atoms with van der Waals surface area (Å²) < 4.78 is 25.7. The van der Waals surface area contributed by atoms with Crippen molar-refractivity contribution in [1.29, 1.82) is 0 Å². The van der Waals surface area contributed by atoms with Crippen molar-refractivity contribution in [2.75, 3.05) is 18.1 Å². The molecule has 2 aromatic rings. The van der Waals surface area contributed by atoms with Gasteiger partial charge in [-0.2, -0.15) is 0 Å². The van der Waals surface area contributed by atoms with Gasteiger partial charge in [-0.3, -0.25) is 0 Å². The van der Waals surface area contributed by atoms with E-state index in [1.165, 1.54) is 10.9 Å². The predicted molar refractivity (Wildman–Crippen MR) is 88.3 cm³/mol. The third-order valence-electron chi connectivity index (χ3n) is 3.57. The summed E-state index contributed by atoms with van der Waals surface area (Å²) in [6.45, 7) is 6.33. The molecule has 1 aromatic heterocycles. The molecule has 21 heavy (non-hydrogen) atoms. The second kappa shape index (κ2) is 7.09. The molecule has 0 amide bonds. The smallest absolute Gasteiger partial charge is 0.152 e. The zero-order valence-corrected chi connectivity index (χ0v) is 13.6. The number of hydrogen-bond donors (Lipinski definition) is 1. The molecule has 0 aliphatic heterocycles. The van der Waals surface area contributed by atoms with E-state index in [2.05, 4.69) is 36.5 Å². The first-order valence-corrected chi connectivity index (χ1v) is 9.37. The molecule has 0 bridgehead atoms. The van der Waals surface area contributed by atoms with Gasteiger partial charge in [-0.1, -0.05) is 19.9 Å². The number of aryl methyl sites for hydroxylation is 1. The summed E-state index contributed by atoms with van der Waals surface area (Å²) in [5.41, 5.74) is 2.35. The maximum atomic E-state index is 11.8. The van der Waals surface area contributed by atoms with Crippen LogP contribution in [0.2, 0.25) is 0 Å². The molecule has 0 radical (unpaired) electrons. The summed E-state index contributed by atoms with van der Waals surface area (Å²) >= 11 is 0. The molecular formula is C16H24N2O2S. The first-order valence-electron chi connectivity index (χ1n) is 7.54. The van der Waals surface area contributed by atoms with Crippen LogP contribution in [0.1, 0.15) is 25.8 Å². The molecule has 0 saturated heterocycles. The van der Waals surface area contributed by atoms with Crippen molar-refractivity contribution in [1.82, 2.24) is 9.88 Å². The van der Waals surface area contributed by atoms with Crippen molar-refractivity contribution in [2.45, 2.75) is 33.4 Å². The van der Waals surface area contributed by atoms with Gasteiger partial charge in [0.15, 0.2) is 9.84 Å². The van der Waals surface area contributed by atoms with Crippen LogP contribution in [0.4, 0.5) is 0 Å². The highest BCUT2D eigenvalue weighted by Gasteiger charge is 2.10. The topological polar surface area (TPSA) is 51.1 Å². The zero-order valence-electron chi connectivity index (χ0n) is 12.8. The van der Waals surface area contributed by atoms with Gasteiger partial charge in [-0.05, 0) is 42.1 Å². The van der Waals surface area contributed by atoms with Gasteiger partial charge in [0.2, 0.25) is 0 Å². The maximum Gasteiger partial charge on any atom is 0.152 e. The van der Waals surface area contributed by atoms with E-state index in [1.54, 1.807) is 0 Å². The van der Waals surface area contributed by atoms with Crippen LogP contribution >= 0.6 is 0 Å². The van der Waals surface area contributed by atoms with Gasteiger partial charge in [-0.25, -0.2) is 8.42 Å². The molecule has 1 heterocycles. The van der Waals surface area contributed by atoms with Gasteiger partial charge in [0.05, 0.1) is 5.75 Å². The molecule has 116 valence electrons. The fraction of sp³-hybridized carbons (Fsp3) is 0.500. The number of aromatic nitrogens is 1. The molecule has 0 fully saturated rings.